The number of hydrogen-bond donors (Lipinski definition) is 1. The van der Waals surface area contributed by atoms with Crippen LogP contribution in [0.3, 0.4) is 0 Å². The fraction of sp³-hybridized carbons (Fsp3) is 0.350. The average Bonchev–Trinajstić information content (AvgIpc) is 3.33. The smallest absolute Gasteiger partial charge is 0.193 e. The van der Waals surface area contributed by atoms with Crippen LogP contribution in [0.4, 0.5) is 0 Å². The van der Waals surface area contributed by atoms with Crippen LogP contribution in [0.15, 0.2) is 54.2 Å². The van der Waals surface area contributed by atoms with Crippen LogP contribution in [0, 0.1) is 0 Å². The number of thiazole rings is 1. The van der Waals surface area contributed by atoms with E-state index < -0.39 is 0 Å². The van der Waals surface area contributed by atoms with E-state index in [0.29, 0.717) is 6.54 Å². The largest absolute Gasteiger partial charge is 0.497 e. The zero-order valence-corrected chi connectivity index (χ0v) is 15.6. The van der Waals surface area contributed by atoms with Gasteiger partial charge in [-0.25, -0.2) is 4.98 Å². The second kappa shape index (κ2) is 7.61. The van der Waals surface area contributed by atoms with Gasteiger partial charge in [-0.1, -0.05) is 12.1 Å². The van der Waals surface area contributed by atoms with Crippen LogP contribution in [0.25, 0.3) is 5.13 Å². The number of ether oxygens (including phenoxy) is 1. The van der Waals surface area contributed by atoms with Crippen LogP contribution in [0.5, 0.6) is 5.75 Å². The Morgan fingerprint density at radius 3 is 3.00 bits per heavy atom. The Morgan fingerprint density at radius 2 is 2.23 bits per heavy atom. The molecule has 2 aromatic heterocycles. The minimum atomic E-state index is -0.376. The summed E-state index contributed by atoms with van der Waals surface area (Å²) in [6.07, 6.45) is 4.44. The van der Waals surface area contributed by atoms with Crippen molar-refractivity contribution in [1.29, 1.82) is 0 Å². The number of likely N-dealkylation sites (tertiary alicyclic amines) is 1. The molecule has 1 aliphatic heterocycles. The van der Waals surface area contributed by atoms with Crippen LogP contribution < -0.4 is 4.74 Å². The number of benzene rings is 1. The molecule has 1 saturated heterocycles. The first kappa shape index (κ1) is 17.3. The number of piperidine rings is 1. The Bertz CT molecular complexity index is 846. The second-order valence-corrected chi connectivity index (χ2v) is 7.53. The van der Waals surface area contributed by atoms with Crippen LogP contribution >= 0.6 is 11.3 Å². The summed E-state index contributed by atoms with van der Waals surface area (Å²) >= 11 is 1.63. The van der Waals surface area contributed by atoms with Crippen molar-refractivity contribution in [3.8, 4) is 10.9 Å². The first-order chi connectivity index (χ1) is 12.7. The molecule has 0 bridgehead atoms. The molecule has 3 aromatic rings. The number of aliphatic hydroxyl groups is 1. The second-order valence-electron chi connectivity index (χ2n) is 6.66. The molecular weight excluding hydrogens is 346 g/mol. The summed E-state index contributed by atoms with van der Waals surface area (Å²) < 4.78 is 7.45. The molecule has 136 valence electrons. The van der Waals surface area contributed by atoms with E-state index in [1.54, 1.807) is 18.4 Å². The zero-order chi connectivity index (χ0) is 17.9. The van der Waals surface area contributed by atoms with E-state index in [4.69, 9.17) is 4.74 Å². The number of hydrogen-bond acceptors (Lipinski definition) is 5. The molecule has 2 atom stereocenters. The van der Waals surface area contributed by atoms with E-state index >= 15 is 0 Å². The molecule has 26 heavy (non-hydrogen) atoms. The molecule has 1 N–H and O–H groups in total. The van der Waals surface area contributed by atoms with E-state index in [-0.39, 0.29) is 12.0 Å². The lowest BCUT2D eigenvalue weighted by atomic mass is 9.87. The fourth-order valence-corrected chi connectivity index (χ4v) is 4.35. The molecule has 1 aromatic carbocycles. The van der Waals surface area contributed by atoms with E-state index in [1.165, 1.54) is 5.69 Å². The van der Waals surface area contributed by atoms with Crippen molar-refractivity contribution in [2.45, 2.75) is 25.0 Å². The Labute approximate surface area is 157 Å². The molecule has 1 fully saturated rings. The number of nitrogens with zero attached hydrogens (tertiary/aromatic N) is 3. The zero-order valence-electron chi connectivity index (χ0n) is 14.8. The molecule has 5 nitrogen and oxygen atoms in total. The van der Waals surface area contributed by atoms with E-state index in [2.05, 4.69) is 32.7 Å². The number of methoxy groups -OCH3 is 1. The quantitative estimate of drug-likeness (QED) is 0.750. The Kier molecular flexibility index (Phi) is 5.06. The van der Waals surface area contributed by atoms with E-state index in [9.17, 15) is 5.11 Å². The van der Waals surface area contributed by atoms with Gasteiger partial charge in [0.1, 0.15) is 5.75 Å². The first-order valence-corrected chi connectivity index (χ1v) is 9.73. The maximum absolute atomic E-state index is 10.7. The van der Waals surface area contributed by atoms with Gasteiger partial charge in [0.2, 0.25) is 0 Å². The molecular formula is C20H23N3O2S. The highest BCUT2D eigenvalue weighted by Gasteiger charge is 2.29. The maximum atomic E-state index is 10.7. The molecule has 0 unspecified atom stereocenters. The van der Waals surface area contributed by atoms with Gasteiger partial charge in [0, 0.05) is 42.5 Å². The Morgan fingerprint density at radius 1 is 1.31 bits per heavy atom. The topological polar surface area (TPSA) is 50.5 Å². The molecule has 0 aliphatic carbocycles. The van der Waals surface area contributed by atoms with Crippen molar-refractivity contribution in [3.63, 3.8) is 0 Å². The monoisotopic (exact) mass is 369 g/mol. The highest BCUT2D eigenvalue weighted by Crippen LogP contribution is 2.31. The number of rotatable bonds is 5. The van der Waals surface area contributed by atoms with Gasteiger partial charge in [-0.15, -0.1) is 11.3 Å². The van der Waals surface area contributed by atoms with Crippen LogP contribution in [0.1, 0.15) is 23.6 Å². The summed E-state index contributed by atoms with van der Waals surface area (Å²) in [5.41, 5.74) is 2.36. The maximum Gasteiger partial charge on any atom is 0.193 e. The van der Waals surface area contributed by atoms with Gasteiger partial charge in [0.25, 0.3) is 0 Å². The summed E-state index contributed by atoms with van der Waals surface area (Å²) in [6, 6.07) is 12.2. The van der Waals surface area contributed by atoms with E-state index in [1.807, 2.05) is 36.0 Å². The normalized spacial score (nSPS) is 21.0. The molecule has 6 heteroatoms. The number of aromatic nitrogens is 2. The van der Waals surface area contributed by atoms with Crippen molar-refractivity contribution in [1.82, 2.24) is 14.5 Å². The van der Waals surface area contributed by atoms with Crippen molar-refractivity contribution in [2.75, 3.05) is 20.2 Å². The standard InChI is InChI=1S/C20H23N3O2S/c1-25-17-6-2-4-15(12-17)18-7-10-22(14-19(18)24)13-16-5-3-9-23(16)20-21-8-11-26-20/h2-6,8-9,11-12,18-19,24H,7,10,13-14H2,1H3/t18-,19+/m0/s1. The third-order valence-electron chi connectivity index (χ3n) is 5.03. The highest BCUT2D eigenvalue weighted by atomic mass is 32.1. The lowest BCUT2D eigenvalue weighted by molar-refractivity contribution is 0.0469. The Hall–Kier alpha value is -2.15. The van der Waals surface area contributed by atoms with Gasteiger partial charge in [0.05, 0.1) is 13.2 Å². The predicted octanol–water partition coefficient (Wildman–Crippen LogP) is 3.29. The van der Waals surface area contributed by atoms with Crippen LogP contribution in [-0.4, -0.2) is 45.9 Å². The van der Waals surface area contributed by atoms with Crippen molar-refractivity contribution >= 4 is 11.3 Å². The van der Waals surface area contributed by atoms with Gasteiger partial charge < -0.3 is 9.84 Å². The average molecular weight is 369 g/mol. The number of aliphatic hydroxyl groups excluding tert-OH is 1. The summed E-state index contributed by atoms with van der Waals surface area (Å²) in [5.74, 6) is 1.01. The molecule has 4 rings (SSSR count). The van der Waals surface area contributed by atoms with E-state index in [0.717, 1.165) is 36.0 Å². The van der Waals surface area contributed by atoms with Crippen molar-refractivity contribution in [3.05, 3.63) is 65.4 Å². The predicted molar refractivity (Wildman–Crippen MR) is 103 cm³/mol. The highest BCUT2D eigenvalue weighted by molar-refractivity contribution is 7.12. The van der Waals surface area contributed by atoms with Crippen LogP contribution in [0.2, 0.25) is 0 Å². The lowest BCUT2D eigenvalue weighted by Gasteiger charge is -2.36. The summed E-state index contributed by atoms with van der Waals surface area (Å²) in [4.78, 5) is 6.72. The SMILES string of the molecule is COc1cccc([C@@H]2CCN(Cc3cccn3-c3nccs3)C[C@H]2O)c1. The molecule has 0 amide bonds. The molecule has 0 radical (unpaired) electrons. The fourth-order valence-electron chi connectivity index (χ4n) is 3.70. The van der Waals surface area contributed by atoms with Gasteiger partial charge in [-0.05, 0) is 42.8 Å². The number of β-amino-alcohol motifs (C(OH)–C–C–N with tert-alkyl or cyclic N) is 1. The summed E-state index contributed by atoms with van der Waals surface area (Å²) in [6.45, 7) is 2.45. The van der Waals surface area contributed by atoms with Gasteiger partial charge in [-0.2, -0.15) is 0 Å². The summed E-state index contributed by atoms with van der Waals surface area (Å²) in [7, 11) is 1.68. The molecule has 0 spiro atoms. The van der Waals surface area contributed by atoms with Crippen molar-refractivity contribution < 1.29 is 9.84 Å². The first-order valence-electron chi connectivity index (χ1n) is 8.85. The third-order valence-corrected chi connectivity index (χ3v) is 5.80. The van der Waals surface area contributed by atoms with Gasteiger partial charge in [0.15, 0.2) is 5.13 Å². The lowest BCUT2D eigenvalue weighted by Crippen LogP contribution is -2.42. The molecule has 3 heterocycles. The molecule has 0 saturated carbocycles. The van der Waals surface area contributed by atoms with Crippen LogP contribution in [-0.2, 0) is 6.54 Å². The van der Waals surface area contributed by atoms with Crippen molar-refractivity contribution in [2.24, 2.45) is 0 Å². The molecule has 1 aliphatic rings. The third kappa shape index (κ3) is 3.53. The minimum Gasteiger partial charge on any atom is -0.497 e. The minimum absolute atomic E-state index is 0.159. The van der Waals surface area contributed by atoms with Gasteiger partial charge in [-0.3, -0.25) is 9.47 Å². The Balaban J connectivity index is 1.44. The van der Waals surface area contributed by atoms with Gasteiger partial charge >= 0.3 is 0 Å². The summed E-state index contributed by atoms with van der Waals surface area (Å²) in [5, 5.41) is 13.7.